The van der Waals surface area contributed by atoms with E-state index < -0.39 is 11.9 Å². The van der Waals surface area contributed by atoms with E-state index in [-0.39, 0.29) is 18.6 Å². The number of methoxy groups -OCH3 is 1. The molecule has 120 valence electrons. The number of primary amides is 1. The van der Waals surface area contributed by atoms with E-state index in [0.29, 0.717) is 18.7 Å². The van der Waals surface area contributed by atoms with Crippen LogP contribution in [0.5, 0.6) is 5.75 Å². The highest BCUT2D eigenvalue weighted by molar-refractivity contribution is 5.88. The van der Waals surface area contributed by atoms with Gasteiger partial charge in [-0.3, -0.25) is 9.59 Å². The first kappa shape index (κ1) is 16.3. The topological polar surface area (TPSA) is 81.9 Å². The fraction of sp³-hybridized carbons (Fsp3) is 0.500. The molecule has 0 bridgehead atoms. The molecule has 0 saturated carbocycles. The molecule has 2 rings (SSSR count). The van der Waals surface area contributed by atoms with Crippen molar-refractivity contribution in [2.24, 2.45) is 5.73 Å². The van der Waals surface area contributed by atoms with E-state index in [4.69, 9.17) is 15.2 Å². The zero-order chi connectivity index (χ0) is 16.3. The summed E-state index contributed by atoms with van der Waals surface area (Å²) < 4.78 is 10.8. The molecule has 1 aromatic carbocycles. The fourth-order valence-electron chi connectivity index (χ4n) is 2.70. The third-order valence-electron chi connectivity index (χ3n) is 3.93. The van der Waals surface area contributed by atoms with Crippen molar-refractivity contribution in [3.63, 3.8) is 0 Å². The Morgan fingerprint density at radius 2 is 2.09 bits per heavy atom. The summed E-state index contributed by atoms with van der Waals surface area (Å²) in [6, 6.07) is 5.13. The first-order valence-electron chi connectivity index (χ1n) is 7.24. The van der Waals surface area contributed by atoms with Crippen molar-refractivity contribution in [3.8, 4) is 5.75 Å². The lowest BCUT2D eigenvalue weighted by Crippen LogP contribution is -2.45. The number of amides is 2. The van der Waals surface area contributed by atoms with Crippen molar-refractivity contribution in [3.05, 3.63) is 29.3 Å². The molecule has 0 unspecified atom stereocenters. The van der Waals surface area contributed by atoms with Gasteiger partial charge in [-0.1, -0.05) is 17.7 Å². The van der Waals surface area contributed by atoms with Crippen molar-refractivity contribution < 1.29 is 19.1 Å². The third-order valence-corrected chi connectivity index (χ3v) is 3.93. The van der Waals surface area contributed by atoms with Gasteiger partial charge in [0.1, 0.15) is 11.8 Å². The number of nitrogens with two attached hydrogens (primary N) is 1. The molecule has 6 nitrogen and oxygen atoms in total. The number of carbonyl (C=O) groups excluding carboxylic acids is 2. The Morgan fingerprint density at radius 1 is 1.36 bits per heavy atom. The second-order valence-corrected chi connectivity index (χ2v) is 5.62. The van der Waals surface area contributed by atoms with Crippen LogP contribution in [0.1, 0.15) is 17.5 Å². The van der Waals surface area contributed by atoms with E-state index in [1.807, 2.05) is 32.0 Å². The summed E-state index contributed by atoms with van der Waals surface area (Å²) in [6.45, 7) is 4.16. The summed E-state index contributed by atoms with van der Waals surface area (Å²) in [5.41, 5.74) is 7.46. The van der Waals surface area contributed by atoms with Crippen LogP contribution >= 0.6 is 0 Å². The molecular formula is C16H22N2O4. The lowest BCUT2D eigenvalue weighted by molar-refractivity contribution is -0.139. The van der Waals surface area contributed by atoms with E-state index in [9.17, 15) is 9.59 Å². The van der Waals surface area contributed by atoms with Crippen molar-refractivity contribution in [2.45, 2.75) is 32.4 Å². The first-order valence-corrected chi connectivity index (χ1v) is 7.24. The molecule has 2 N–H and O–H groups in total. The highest BCUT2D eigenvalue weighted by Gasteiger charge is 2.38. The summed E-state index contributed by atoms with van der Waals surface area (Å²) in [5.74, 6) is -0.111. The molecule has 1 fully saturated rings. The van der Waals surface area contributed by atoms with Crippen LogP contribution in [-0.2, 0) is 14.3 Å². The average Bonchev–Trinajstić information content (AvgIpc) is 2.90. The number of hydrogen-bond donors (Lipinski definition) is 1. The Kier molecular flexibility index (Phi) is 5.03. The number of nitrogens with zero attached hydrogens (tertiary/aromatic N) is 1. The van der Waals surface area contributed by atoms with Crippen LogP contribution in [0.4, 0.5) is 0 Å². The van der Waals surface area contributed by atoms with Gasteiger partial charge in [-0.15, -0.1) is 0 Å². The summed E-state index contributed by atoms with van der Waals surface area (Å²) in [6.07, 6.45) is 0.267. The second kappa shape index (κ2) is 6.79. The zero-order valence-electron chi connectivity index (χ0n) is 13.2. The van der Waals surface area contributed by atoms with Crippen molar-refractivity contribution in [2.75, 3.05) is 20.3 Å². The van der Waals surface area contributed by atoms with Crippen LogP contribution in [0.2, 0.25) is 0 Å². The molecule has 1 aliphatic rings. The van der Waals surface area contributed by atoms with E-state index in [2.05, 4.69) is 0 Å². The van der Waals surface area contributed by atoms with Gasteiger partial charge in [0.25, 0.3) is 5.91 Å². The van der Waals surface area contributed by atoms with Gasteiger partial charge in [-0.25, -0.2) is 0 Å². The van der Waals surface area contributed by atoms with Crippen molar-refractivity contribution in [1.82, 2.24) is 4.90 Å². The van der Waals surface area contributed by atoms with Crippen LogP contribution in [0.15, 0.2) is 18.2 Å². The monoisotopic (exact) mass is 306 g/mol. The van der Waals surface area contributed by atoms with Crippen molar-refractivity contribution in [1.29, 1.82) is 0 Å². The molecule has 1 aliphatic heterocycles. The summed E-state index contributed by atoms with van der Waals surface area (Å²) in [4.78, 5) is 25.2. The van der Waals surface area contributed by atoms with Gasteiger partial charge in [-0.2, -0.15) is 0 Å². The molecule has 0 spiro atoms. The van der Waals surface area contributed by atoms with Gasteiger partial charge < -0.3 is 20.1 Å². The number of aryl methyl sites for hydroxylation is 2. The smallest absolute Gasteiger partial charge is 0.261 e. The highest BCUT2D eigenvalue weighted by Crippen LogP contribution is 2.22. The minimum Gasteiger partial charge on any atom is -0.483 e. The van der Waals surface area contributed by atoms with Crippen LogP contribution in [0.25, 0.3) is 0 Å². The van der Waals surface area contributed by atoms with Gasteiger partial charge in [0, 0.05) is 20.1 Å². The van der Waals surface area contributed by atoms with Gasteiger partial charge in [0.2, 0.25) is 5.91 Å². The van der Waals surface area contributed by atoms with E-state index in [1.54, 1.807) is 7.11 Å². The summed E-state index contributed by atoms with van der Waals surface area (Å²) in [5, 5.41) is 0. The van der Waals surface area contributed by atoms with Crippen LogP contribution in [0.3, 0.4) is 0 Å². The van der Waals surface area contributed by atoms with Gasteiger partial charge in [0.15, 0.2) is 6.61 Å². The standard InChI is InChI=1S/C16H22N2O4/c1-10-4-5-14(11(2)6-10)22-9-15(19)18-8-12(21-3)7-13(18)16(17)20/h4-6,12-13H,7-9H2,1-3H3,(H2,17,20)/t12-,13-/m0/s1. The maximum Gasteiger partial charge on any atom is 0.261 e. The minimum atomic E-state index is -0.625. The Labute approximate surface area is 130 Å². The Balaban J connectivity index is 2.00. The maximum absolute atomic E-state index is 12.3. The predicted molar refractivity (Wildman–Crippen MR) is 81.5 cm³/mol. The minimum absolute atomic E-state index is 0.121. The van der Waals surface area contributed by atoms with Crippen LogP contribution in [-0.4, -0.2) is 49.1 Å². The van der Waals surface area contributed by atoms with E-state index in [0.717, 1.165) is 11.1 Å². The quantitative estimate of drug-likeness (QED) is 0.871. The zero-order valence-corrected chi connectivity index (χ0v) is 13.2. The highest BCUT2D eigenvalue weighted by atomic mass is 16.5. The number of ether oxygens (including phenoxy) is 2. The largest absolute Gasteiger partial charge is 0.483 e. The Morgan fingerprint density at radius 3 is 2.68 bits per heavy atom. The van der Waals surface area contributed by atoms with E-state index in [1.165, 1.54) is 4.90 Å². The predicted octanol–water partition coefficient (Wildman–Crippen LogP) is 0.783. The normalized spacial score (nSPS) is 21.0. The molecule has 2 amide bonds. The molecule has 0 radical (unpaired) electrons. The Bertz CT molecular complexity index is 573. The molecule has 0 aromatic heterocycles. The average molecular weight is 306 g/mol. The molecular weight excluding hydrogens is 284 g/mol. The van der Waals surface area contributed by atoms with E-state index >= 15 is 0 Å². The van der Waals surface area contributed by atoms with Crippen molar-refractivity contribution >= 4 is 11.8 Å². The lowest BCUT2D eigenvalue weighted by atomic mass is 10.1. The SMILES string of the molecule is CO[C@H]1C[C@@H](C(N)=O)N(C(=O)COc2ccc(C)cc2C)C1. The molecule has 6 heteroatoms. The number of rotatable bonds is 5. The van der Waals surface area contributed by atoms with Crippen LogP contribution < -0.4 is 10.5 Å². The molecule has 22 heavy (non-hydrogen) atoms. The van der Waals surface area contributed by atoms with Gasteiger partial charge in [-0.05, 0) is 25.5 Å². The number of carbonyl (C=O) groups is 2. The van der Waals surface area contributed by atoms with Gasteiger partial charge in [0.05, 0.1) is 6.10 Å². The lowest BCUT2D eigenvalue weighted by Gasteiger charge is -2.22. The number of likely N-dealkylation sites (tertiary alicyclic amines) is 1. The molecule has 1 heterocycles. The Hall–Kier alpha value is -2.08. The number of hydrogen-bond acceptors (Lipinski definition) is 4. The molecule has 0 aliphatic carbocycles. The summed E-state index contributed by atoms with van der Waals surface area (Å²) >= 11 is 0. The van der Waals surface area contributed by atoms with Gasteiger partial charge >= 0.3 is 0 Å². The number of benzene rings is 1. The van der Waals surface area contributed by atoms with Crippen LogP contribution in [0, 0.1) is 13.8 Å². The third kappa shape index (κ3) is 3.57. The fourth-order valence-corrected chi connectivity index (χ4v) is 2.70. The summed E-state index contributed by atoms with van der Waals surface area (Å²) in [7, 11) is 1.56. The molecule has 1 aromatic rings. The molecule has 1 saturated heterocycles. The second-order valence-electron chi connectivity index (χ2n) is 5.62. The first-order chi connectivity index (χ1) is 10.4. The maximum atomic E-state index is 12.3. The molecule has 2 atom stereocenters.